The van der Waals surface area contributed by atoms with Crippen molar-refractivity contribution in [2.45, 2.75) is 32.6 Å². The molecule has 1 aromatic carbocycles. The first-order chi connectivity index (χ1) is 11.8. The van der Waals surface area contributed by atoms with Crippen LogP contribution < -0.4 is 11.2 Å². The Kier molecular flexibility index (Phi) is 4.81. The Hall–Kier alpha value is -1.97. The smallest absolute Gasteiger partial charge is 0.328 e. The number of ether oxygens (including phenoxy) is 1. The summed E-state index contributed by atoms with van der Waals surface area (Å²) in [4.78, 5) is 27.2. The van der Waals surface area contributed by atoms with Gasteiger partial charge in [-0.15, -0.1) is 0 Å². The lowest BCUT2D eigenvalue weighted by molar-refractivity contribution is -0.0440. The van der Waals surface area contributed by atoms with Crippen LogP contribution >= 0.6 is 0 Å². The maximum Gasteiger partial charge on any atom is 0.328 e. The molecule has 1 aliphatic rings. The number of nitrogens with one attached hydrogen (secondary N) is 1. The number of hydrogen-bond donors (Lipinski definition) is 1. The third-order valence-electron chi connectivity index (χ3n) is 4.24. The normalized spacial score (nSPS) is 22.3. The number of para-hydroxylation sites is 1. The molecule has 0 amide bonds. The van der Waals surface area contributed by atoms with Crippen LogP contribution in [0.4, 0.5) is 0 Å². The van der Waals surface area contributed by atoms with Gasteiger partial charge < -0.3 is 9.72 Å². The number of rotatable bonds is 4. The van der Waals surface area contributed by atoms with Gasteiger partial charge in [0.2, 0.25) is 10.0 Å². The van der Waals surface area contributed by atoms with E-state index in [0.29, 0.717) is 10.9 Å². The lowest BCUT2D eigenvalue weighted by atomic mass is 10.2. The van der Waals surface area contributed by atoms with E-state index in [4.69, 9.17) is 4.74 Å². The second-order valence-electron chi connectivity index (χ2n) is 6.32. The van der Waals surface area contributed by atoms with Gasteiger partial charge >= 0.3 is 5.69 Å². The van der Waals surface area contributed by atoms with Crippen LogP contribution in [-0.4, -0.2) is 53.3 Å². The summed E-state index contributed by atoms with van der Waals surface area (Å²) in [5.74, 6) is -0.312. The predicted octanol–water partition coefficient (Wildman–Crippen LogP) is 0.129. The van der Waals surface area contributed by atoms with Gasteiger partial charge in [-0.25, -0.2) is 13.2 Å². The molecule has 8 nitrogen and oxygen atoms in total. The molecule has 136 valence electrons. The van der Waals surface area contributed by atoms with Crippen molar-refractivity contribution in [3.63, 3.8) is 0 Å². The van der Waals surface area contributed by atoms with E-state index >= 15 is 0 Å². The first-order valence-corrected chi connectivity index (χ1v) is 9.74. The number of sulfonamides is 1. The average molecular weight is 367 g/mol. The minimum Gasteiger partial charge on any atom is -0.373 e. The van der Waals surface area contributed by atoms with Gasteiger partial charge in [-0.3, -0.25) is 9.36 Å². The zero-order chi connectivity index (χ0) is 18.2. The third-order valence-corrected chi connectivity index (χ3v) is 6.03. The lowest BCUT2D eigenvalue weighted by Crippen LogP contribution is -2.49. The minimum absolute atomic E-state index is 0.190. The Morgan fingerprint density at radius 3 is 2.48 bits per heavy atom. The van der Waals surface area contributed by atoms with Gasteiger partial charge in [-0.2, -0.15) is 4.31 Å². The van der Waals surface area contributed by atoms with E-state index in [1.165, 1.54) is 4.31 Å². The monoisotopic (exact) mass is 367 g/mol. The summed E-state index contributed by atoms with van der Waals surface area (Å²) in [7, 11) is -3.59. The molecule has 2 atom stereocenters. The van der Waals surface area contributed by atoms with Crippen LogP contribution in [0.2, 0.25) is 0 Å². The Labute approximate surface area is 145 Å². The summed E-state index contributed by atoms with van der Waals surface area (Å²) in [5.41, 5.74) is -0.659. The molecule has 0 spiro atoms. The van der Waals surface area contributed by atoms with Crippen molar-refractivity contribution >= 4 is 20.9 Å². The van der Waals surface area contributed by atoms with Crippen LogP contribution in [0.15, 0.2) is 33.9 Å². The van der Waals surface area contributed by atoms with Crippen molar-refractivity contribution in [1.82, 2.24) is 13.9 Å². The van der Waals surface area contributed by atoms with Crippen molar-refractivity contribution < 1.29 is 13.2 Å². The van der Waals surface area contributed by atoms with E-state index < -0.39 is 21.3 Å². The number of H-pyrrole nitrogens is 1. The van der Waals surface area contributed by atoms with Gasteiger partial charge in [-0.1, -0.05) is 12.1 Å². The van der Waals surface area contributed by atoms with Crippen molar-refractivity contribution in [2.24, 2.45) is 0 Å². The number of benzene rings is 1. The zero-order valence-corrected chi connectivity index (χ0v) is 15.0. The summed E-state index contributed by atoms with van der Waals surface area (Å²) in [5, 5.41) is 0.355. The second-order valence-corrected chi connectivity index (χ2v) is 8.41. The number of fused-ring (bicyclic) bond motifs is 1. The molecule has 1 N–H and O–H groups in total. The van der Waals surface area contributed by atoms with Gasteiger partial charge in [0.15, 0.2) is 0 Å². The Balaban J connectivity index is 1.85. The number of nitrogens with zero attached hydrogens (tertiary/aromatic N) is 2. The van der Waals surface area contributed by atoms with Gasteiger partial charge in [0, 0.05) is 19.6 Å². The Morgan fingerprint density at radius 1 is 1.16 bits per heavy atom. The summed E-state index contributed by atoms with van der Waals surface area (Å²) in [6.45, 7) is 3.99. The zero-order valence-electron chi connectivity index (χ0n) is 14.1. The quantitative estimate of drug-likeness (QED) is 0.828. The van der Waals surface area contributed by atoms with Crippen LogP contribution in [0.5, 0.6) is 0 Å². The molecule has 2 unspecified atom stereocenters. The largest absolute Gasteiger partial charge is 0.373 e. The fraction of sp³-hybridized carbons (Fsp3) is 0.500. The van der Waals surface area contributed by atoms with Crippen LogP contribution in [0.1, 0.15) is 13.8 Å². The first-order valence-electron chi connectivity index (χ1n) is 8.13. The first kappa shape index (κ1) is 17.8. The molecule has 0 radical (unpaired) electrons. The molecule has 0 saturated carbocycles. The fourth-order valence-electron chi connectivity index (χ4n) is 3.10. The molecule has 25 heavy (non-hydrogen) atoms. The van der Waals surface area contributed by atoms with E-state index in [1.54, 1.807) is 24.3 Å². The summed E-state index contributed by atoms with van der Waals surface area (Å²) in [6.07, 6.45) is -0.379. The van der Waals surface area contributed by atoms with Crippen molar-refractivity contribution in [3.05, 3.63) is 45.1 Å². The molecule has 0 aliphatic carbocycles. The van der Waals surface area contributed by atoms with Crippen LogP contribution in [0.25, 0.3) is 10.9 Å². The highest BCUT2D eigenvalue weighted by Gasteiger charge is 2.30. The predicted molar refractivity (Wildman–Crippen MR) is 94.2 cm³/mol. The van der Waals surface area contributed by atoms with Gasteiger partial charge in [0.05, 0.1) is 28.9 Å². The minimum atomic E-state index is -3.59. The Bertz CT molecular complexity index is 985. The Morgan fingerprint density at radius 2 is 1.80 bits per heavy atom. The van der Waals surface area contributed by atoms with E-state index in [0.717, 1.165) is 4.57 Å². The highest BCUT2D eigenvalue weighted by Crippen LogP contribution is 2.15. The molecule has 1 fully saturated rings. The molecule has 3 rings (SSSR count). The molecule has 1 aliphatic heterocycles. The maximum atomic E-state index is 12.6. The second kappa shape index (κ2) is 6.74. The number of aromatic amines is 1. The molecular weight excluding hydrogens is 346 g/mol. The third kappa shape index (κ3) is 3.68. The molecule has 1 aromatic heterocycles. The van der Waals surface area contributed by atoms with Crippen molar-refractivity contribution in [1.29, 1.82) is 0 Å². The fourth-order valence-corrected chi connectivity index (χ4v) is 4.64. The molecule has 2 aromatic rings. The van der Waals surface area contributed by atoms with Gasteiger partial charge in [0.25, 0.3) is 5.56 Å². The number of aromatic nitrogens is 2. The van der Waals surface area contributed by atoms with Crippen molar-refractivity contribution in [3.8, 4) is 0 Å². The molecular formula is C16H21N3O5S. The summed E-state index contributed by atoms with van der Waals surface area (Å²) in [6, 6.07) is 6.65. The van der Waals surface area contributed by atoms with E-state index in [9.17, 15) is 18.0 Å². The molecule has 2 heterocycles. The summed E-state index contributed by atoms with van der Waals surface area (Å²) < 4.78 is 33.0. The highest BCUT2D eigenvalue weighted by atomic mass is 32.2. The maximum absolute atomic E-state index is 12.6. The van der Waals surface area contributed by atoms with Crippen LogP contribution in [-0.2, 0) is 21.3 Å². The van der Waals surface area contributed by atoms with Crippen LogP contribution in [0, 0.1) is 0 Å². The molecule has 1 saturated heterocycles. The lowest BCUT2D eigenvalue weighted by Gasteiger charge is -2.34. The van der Waals surface area contributed by atoms with Crippen molar-refractivity contribution in [2.75, 3.05) is 18.8 Å². The van der Waals surface area contributed by atoms with Gasteiger partial charge in [-0.05, 0) is 26.0 Å². The number of morpholine rings is 1. The number of hydrogen-bond acceptors (Lipinski definition) is 5. The highest BCUT2D eigenvalue weighted by molar-refractivity contribution is 7.89. The standard InChI is InChI=1S/C16H21N3O5S/c1-11-9-18(10-12(2)24-11)25(22,23)8-7-19-15(20)13-5-3-4-6-14(13)17-16(19)21/h3-6,11-12H,7-10H2,1-2H3,(H,17,21). The summed E-state index contributed by atoms with van der Waals surface area (Å²) >= 11 is 0. The van der Waals surface area contributed by atoms with E-state index in [-0.39, 0.29) is 37.6 Å². The average Bonchev–Trinajstić information content (AvgIpc) is 2.53. The van der Waals surface area contributed by atoms with E-state index in [1.807, 2.05) is 13.8 Å². The van der Waals surface area contributed by atoms with E-state index in [2.05, 4.69) is 4.98 Å². The molecule has 9 heteroatoms. The molecule has 0 bridgehead atoms. The SMILES string of the molecule is CC1CN(S(=O)(=O)CCn2c(=O)[nH]c3ccccc3c2=O)CC(C)O1. The topological polar surface area (TPSA) is 101 Å². The van der Waals surface area contributed by atoms with Crippen LogP contribution in [0.3, 0.4) is 0 Å². The van der Waals surface area contributed by atoms with Gasteiger partial charge in [0.1, 0.15) is 0 Å².